The van der Waals surface area contributed by atoms with Gasteiger partial charge in [0, 0.05) is 31.4 Å². The zero-order valence-corrected chi connectivity index (χ0v) is 10.6. The van der Waals surface area contributed by atoms with E-state index in [-0.39, 0.29) is 6.04 Å². The smallest absolute Gasteiger partial charge is 0.149 e. The summed E-state index contributed by atoms with van der Waals surface area (Å²) in [5, 5.41) is 0. The van der Waals surface area contributed by atoms with Crippen molar-refractivity contribution in [1.82, 2.24) is 19.8 Å². The number of nitrogens with zero attached hydrogens (tertiary/aromatic N) is 4. The molecule has 0 bridgehead atoms. The zero-order valence-electron chi connectivity index (χ0n) is 10.6. The first-order valence-electron chi connectivity index (χ1n) is 5.81. The highest BCUT2D eigenvalue weighted by Crippen LogP contribution is 2.21. The van der Waals surface area contributed by atoms with Crippen LogP contribution in [0.15, 0.2) is 6.07 Å². The van der Waals surface area contributed by atoms with Crippen LogP contribution >= 0.6 is 0 Å². The van der Waals surface area contributed by atoms with Crippen LogP contribution in [0.3, 0.4) is 0 Å². The third-order valence-corrected chi connectivity index (χ3v) is 3.17. The van der Waals surface area contributed by atoms with E-state index >= 15 is 0 Å². The van der Waals surface area contributed by atoms with Crippen molar-refractivity contribution in [3.63, 3.8) is 0 Å². The maximum absolute atomic E-state index is 5.41. The standard InChI is InChI=1S/C11H20N6/c1-8-6-10(15-12)14-11(13-8)9-7-16(2)4-5-17(9)3/h6,9H,4-5,7,12H2,1-3H3,(H,13,14,15). The number of anilines is 1. The maximum Gasteiger partial charge on any atom is 0.149 e. The minimum atomic E-state index is 0.237. The lowest BCUT2D eigenvalue weighted by atomic mass is 10.1. The van der Waals surface area contributed by atoms with Crippen LogP contribution in [0, 0.1) is 6.92 Å². The van der Waals surface area contributed by atoms with Gasteiger partial charge in [-0.05, 0) is 21.0 Å². The molecule has 1 saturated heterocycles. The van der Waals surface area contributed by atoms with Crippen LogP contribution in [0.4, 0.5) is 5.82 Å². The van der Waals surface area contributed by atoms with Crippen LogP contribution in [0.1, 0.15) is 17.6 Å². The molecule has 1 aliphatic heterocycles. The molecule has 0 saturated carbocycles. The number of piperazine rings is 1. The number of rotatable bonds is 2. The van der Waals surface area contributed by atoms with E-state index < -0.39 is 0 Å². The van der Waals surface area contributed by atoms with Crippen LogP contribution in [0.5, 0.6) is 0 Å². The summed E-state index contributed by atoms with van der Waals surface area (Å²) >= 11 is 0. The first-order valence-corrected chi connectivity index (χ1v) is 5.81. The fourth-order valence-electron chi connectivity index (χ4n) is 2.10. The number of hydrazine groups is 1. The second-order valence-electron chi connectivity index (χ2n) is 4.66. The summed E-state index contributed by atoms with van der Waals surface area (Å²) in [6.07, 6.45) is 0. The Morgan fingerprint density at radius 2 is 2.12 bits per heavy atom. The van der Waals surface area contributed by atoms with Gasteiger partial charge in [0.05, 0.1) is 6.04 Å². The molecule has 1 fully saturated rings. The molecule has 17 heavy (non-hydrogen) atoms. The number of nitrogen functional groups attached to an aromatic ring is 1. The van der Waals surface area contributed by atoms with E-state index in [9.17, 15) is 0 Å². The predicted molar refractivity (Wildman–Crippen MR) is 67.4 cm³/mol. The number of aryl methyl sites for hydroxylation is 1. The average molecular weight is 236 g/mol. The van der Waals surface area contributed by atoms with Gasteiger partial charge in [0.1, 0.15) is 11.6 Å². The molecule has 2 heterocycles. The summed E-state index contributed by atoms with van der Waals surface area (Å²) in [4.78, 5) is 13.5. The Kier molecular flexibility index (Phi) is 3.56. The van der Waals surface area contributed by atoms with Crippen molar-refractivity contribution in [1.29, 1.82) is 0 Å². The van der Waals surface area contributed by atoms with E-state index in [1.165, 1.54) is 0 Å². The van der Waals surface area contributed by atoms with Crippen molar-refractivity contribution in [2.24, 2.45) is 5.84 Å². The molecular weight excluding hydrogens is 216 g/mol. The number of nitrogens with one attached hydrogen (secondary N) is 1. The quantitative estimate of drug-likeness (QED) is 0.556. The second-order valence-corrected chi connectivity index (χ2v) is 4.66. The number of nitrogens with two attached hydrogens (primary N) is 1. The van der Waals surface area contributed by atoms with Gasteiger partial charge in [-0.15, -0.1) is 0 Å². The van der Waals surface area contributed by atoms with Gasteiger partial charge in [-0.2, -0.15) is 0 Å². The summed E-state index contributed by atoms with van der Waals surface area (Å²) in [5.74, 6) is 6.93. The SMILES string of the molecule is Cc1cc(NN)nc(C2CN(C)CCN2C)n1. The molecule has 94 valence electrons. The van der Waals surface area contributed by atoms with Crippen LogP contribution in [0.2, 0.25) is 0 Å². The van der Waals surface area contributed by atoms with Gasteiger partial charge in [-0.3, -0.25) is 4.90 Å². The predicted octanol–water partition coefficient (Wildman–Crippen LogP) is -0.0111. The van der Waals surface area contributed by atoms with Gasteiger partial charge in [-0.1, -0.05) is 0 Å². The van der Waals surface area contributed by atoms with Gasteiger partial charge in [0.15, 0.2) is 0 Å². The highest BCUT2D eigenvalue weighted by atomic mass is 15.3. The molecule has 0 spiro atoms. The van der Waals surface area contributed by atoms with E-state index in [1.807, 2.05) is 13.0 Å². The normalized spacial score (nSPS) is 22.7. The van der Waals surface area contributed by atoms with Crippen LogP contribution in [-0.2, 0) is 0 Å². The molecule has 2 rings (SSSR count). The number of likely N-dealkylation sites (N-methyl/N-ethyl adjacent to an activating group) is 2. The first-order chi connectivity index (χ1) is 8.10. The average Bonchev–Trinajstić information content (AvgIpc) is 2.31. The minimum Gasteiger partial charge on any atom is -0.308 e. The molecule has 0 aromatic carbocycles. The molecule has 1 unspecified atom stereocenters. The maximum atomic E-state index is 5.41. The second kappa shape index (κ2) is 4.95. The van der Waals surface area contributed by atoms with Crippen molar-refractivity contribution in [2.75, 3.05) is 39.2 Å². The molecule has 1 aromatic heterocycles. The molecule has 1 aliphatic rings. The Labute approximate surface area is 102 Å². The number of hydrogen-bond acceptors (Lipinski definition) is 6. The Balaban J connectivity index is 2.28. The Morgan fingerprint density at radius 1 is 1.35 bits per heavy atom. The van der Waals surface area contributed by atoms with E-state index in [0.717, 1.165) is 31.2 Å². The topological polar surface area (TPSA) is 70.3 Å². The van der Waals surface area contributed by atoms with Crippen LogP contribution in [0.25, 0.3) is 0 Å². The van der Waals surface area contributed by atoms with Crippen molar-refractivity contribution < 1.29 is 0 Å². The van der Waals surface area contributed by atoms with Crippen LogP contribution in [-0.4, -0.2) is 53.5 Å². The van der Waals surface area contributed by atoms with Crippen molar-refractivity contribution in [3.05, 3.63) is 17.6 Å². The highest BCUT2D eigenvalue weighted by molar-refractivity contribution is 5.34. The lowest BCUT2D eigenvalue weighted by Gasteiger charge is -2.36. The number of hydrogen-bond donors (Lipinski definition) is 2. The van der Waals surface area contributed by atoms with Gasteiger partial charge in [-0.25, -0.2) is 15.8 Å². The fourth-order valence-corrected chi connectivity index (χ4v) is 2.10. The van der Waals surface area contributed by atoms with E-state index in [2.05, 4.69) is 39.3 Å². The third-order valence-electron chi connectivity index (χ3n) is 3.17. The zero-order chi connectivity index (χ0) is 12.4. The molecule has 0 radical (unpaired) electrons. The van der Waals surface area contributed by atoms with E-state index in [0.29, 0.717) is 5.82 Å². The molecule has 1 aromatic rings. The molecule has 6 nitrogen and oxygen atoms in total. The van der Waals surface area contributed by atoms with Gasteiger partial charge >= 0.3 is 0 Å². The number of aromatic nitrogens is 2. The molecule has 6 heteroatoms. The highest BCUT2D eigenvalue weighted by Gasteiger charge is 2.26. The van der Waals surface area contributed by atoms with Crippen molar-refractivity contribution >= 4 is 5.82 Å². The van der Waals surface area contributed by atoms with E-state index in [4.69, 9.17) is 5.84 Å². The summed E-state index contributed by atoms with van der Waals surface area (Å²) in [6.45, 7) is 5.02. The Morgan fingerprint density at radius 3 is 2.82 bits per heavy atom. The Hall–Kier alpha value is -1.24. The Bertz CT molecular complexity index is 394. The lowest BCUT2D eigenvalue weighted by molar-refractivity contribution is 0.109. The lowest BCUT2D eigenvalue weighted by Crippen LogP contribution is -2.45. The van der Waals surface area contributed by atoms with Gasteiger partial charge in [0.2, 0.25) is 0 Å². The van der Waals surface area contributed by atoms with Crippen molar-refractivity contribution in [3.8, 4) is 0 Å². The third kappa shape index (κ3) is 2.71. The first kappa shape index (κ1) is 12.2. The molecule has 1 atom stereocenters. The summed E-state index contributed by atoms with van der Waals surface area (Å²) in [6, 6.07) is 2.08. The van der Waals surface area contributed by atoms with Crippen LogP contribution < -0.4 is 11.3 Å². The van der Waals surface area contributed by atoms with Crippen molar-refractivity contribution in [2.45, 2.75) is 13.0 Å². The minimum absolute atomic E-state index is 0.237. The molecule has 0 amide bonds. The molecule has 0 aliphatic carbocycles. The molecular formula is C11H20N6. The summed E-state index contributed by atoms with van der Waals surface area (Å²) in [5.41, 5.74) is 3.52. The monoisotopic (exact) mass is 236 g/mol. The summed E-state index contributed by atoms with van der Waals surface area (Å²) < 4.78 is 0. The molecule has 3 N–H and O–H groups in total. The van der Waals surface area contributed by atoms with Gasteiger partial charge < -0.3 is 10.3 Å². The fraction of sp³-hybridized carbons (Fsp3) is 0.636. The summed E-state index contributed by atoms with van der Waals surface area (Å²) in [7, 11) is 4.23. The largest absolute Gasteiger partial charge is 0.308 e. The van der Waals surface area contributed by atoms with Gasteiger partial charge in [0.25, 0.3) is 0 Å². The van der Waals surface area contributed by atoms with E-state index in [1.54, 1.807) is 0 Å².